The van der Waals surface area contributed by atoms with Crippen molar-refractivity contribution in [3.8, 4) is 0 Å². The van der Waals surface area contributed by atoms with Crippen LogP contribution in [-0.4, -0.2) is 28.5 Å². The van der Waals surface area contributed by atoms with Crippen LogP contribution in [0.25, 0.3) is 0 Å². The first-order valence-electron chi connectivity index (χ1n) is 6.65. The number of alkyl halides is 1. The maximum atomic E-state index is 11.3. The molecule has 1 aliphatic rings. The molecule has 0 saturated carbocycles. The fourth-order valence-electron chi connectivity index (χ4n) is 2.33. The quantitative estimate of drug-likeness (QED) is 0.461. The largest absolute Gasteiger partial charge is 0.365 e. The predicted octanol–water partition coefficient (Wildman–Crippen LogP) is 4.21. The van der Waals surface area contributed by atoms with Gasteiger partial charge in [-0.1, -0.05) is 35.8 Å². The molecule has 0 aromatic heterocycles. The van der Waals surface area contributed by atoms with Crippen LogP contribution >= 0.6 is 27.7 Å². The maximum absolute atomic E-state index is 11.3. The molecule has 4 nitrogen and oxygen atoms in total. The molecular formula is C14H19BrN2O2S. The minimum Gasteiger partial charge on any atom is -0.365 e. The number of halogens is 1. The van der Waals surface area contributed by atoms with Crippen LogP contribution in [0.15, 0.2) is 18.2 Å². The molecule has 0 N–H and O–H groups in total. The van der Waals surface area contributed by atoms with Crippen molar-refractivity contribution >= 4 is 39.1 Å². The van der Waals surface area contributed by atoms with Crippen molar-refractivity contribution in [1.82, 2.24) is 0 Å². The molecular weight excluding hydrogens is 340 g/mol. The van der Waals surface area contributed by atoms with Gasteiger partial charge in [-0.25, -0.2) is 0 Å². The number of nitro benzene ring substituents is 1. The summed E-state index contributed by atoms with van der Waals surface area (Å²) in [5, 5.41) is 11.9. The van der Waals surface area contributed by atoms with Crippen molar-refractivity contribution in [3.63, 3.8) is 0 Å². The van der Waals surface area contributed by atoms with E-state index in [9.17, 15) is 10.1 Å². The lowest BCUT2D eigenvalue weighted by Crippen LogP contribution is -2.27. The first-order valence-corrected chi connectivity index (χ1v) is 8.76. The van der Waals surface area contributed by atoms with E-state index in [0.717, 1.165) is 36.5 Å². The third-order valence-corrected chi connectivity index (χ3v) is 5.59. The number of hydrogen-bond donors (Lipinski definition) is 0. The molecule has 1 aromatic rings. The summed E-state index contributed by atoms with van der Waals surface area (Å²) in [4.78, 5) is 13.2. The van der Waals surface area contributed by atoms with E-state index < -0.39 is 0 Å². The molecule has 110 valence electrons. The summed E-state index contributed by atoms with van der Waals surface area (Å²) in [5.74, 6) is 1.00. The Bertz CT molecular complexity index is 508. The van der Waals surface area contributed by atoms with Crippen molar-refractivity contribution in [3.05, 3.63) is 33.9 Å². The lowest BCUT2D eigenvalue weighted by molar-refractivity contribution is -0.384. The molecule has 0 unspecified atom stereocenters. The van der Waals surface area contributed by atoms with Gasteiger partial charge in [0, 0.05) is 35.0 Å². The molecule has 1 aliphatic heterocycles. The molecule has 0 aliphatic carbocycles. The molecule has 1 fully saturated rings. The highest BCUT2D eigenvalue weighted by Gasteiger charge is 2.27. The highest BCUT2D eigenvalue weighted by molar-refractivity contribution is 9.08. The predicted molar refractivity (Wildman–Crippen MR) is 89.1 cm³/mol. The van der Waals surface area contributed by atoms with Gasteiger partial charge in [0.05, 0.1) is 4.92 Å². The molecule has 6 heteroatoms. The Kier molecular flexibility index (Phi) is 4.96. The van der Waals surface area contributed by atoms with Gasteiger partial charge in [0.25, 0.3) is 5.69 Å². The molecule has 0 spiro atoms. The average molecular weight is 359 g/mol. The van der Waals surface area contributed by atoms with Crippen LogP contribution in [0.3, 0.4) is 0 Å². The second-order valence-corrected chi connectivity index (χ2v) is 7.92. The molecule has 1 heterocycles. The monoisotopic (exact) mass is 358 g/mol. The van der Waals surface area contributed by atoms with Gasteiger partial charge in [0.2, 0.25) is 0 Å². The smallest absolute Gasteiger partial charge is 0.292 e. The number of benzene rings is 1. The fourth-order valence-corrected chi connectivity index (χ4v) is 3.78. The number of nitrogens with zero attached hydrogens (tertiary/aromatic N) is 2. The molecule has 2 rings (SSSR count). The normalized spacial score (nSPS) is 18.6. The Morgan fingerprint density at radius 1 is 1.45 bits per heavy atom. The van der Waals surface area contributed by atoms with Crippen LogP contribution in [0.5, 0.6) is 0 Å². The van der Waals surface area contributed by atoms with E-state index in [4.69, 9.17) is 0 Å². The molecule has 0 amide bonds. The lowest BCUT2D eigenvalue weighted by atomic mass is 10.1. The van der Waals surface area contributed by atoms with Crippen molar-refractivity contribution in [2.24, 2.45) is 0 Å². The Morgan fingerprint density at radius 2 is 2.20 bits per heavy atom. The summed E-state index contributed by atoms with van der Waals surface area (Å²) in [6.45, 7) is 6.21. The van der Waals surface area contributed by atoms with Gasteiger partial charge in [-0.15, -0.1) is 0 Å². The van der Waals surface area contributed by atoms with Gasteiger partial charge in [-0.2, -0.15) is 11.8 Å². The highest BCUT2D eigenvalue weighted by Crippen LogP contribution is 2.35. The maximum Gasteiger partial charge on any atom is 0.292 e. The van der Waals surface area contributed by atoms with E-state index in [1.54, 1.807) is 6.07 Å². The Labute approximate surface area is 132 Å². The van der Waals surface area contributed by atoms with Crippen LogP contribution in [0.4, 0.5) is 11.4 Å². The number of rotatable bonds is 3. The molecule has 0 bridgehead atoms. The third-order valence-electron chi connectivity index (χ3n) is 3.57. The number of anilines is 1. The summed E-state index contributed by atoms with van der Waals surface area (Å²) in [7, 11) is 0. The summed E-state index contributed by atoms with van der Waals surface area (Å²) in [6, 6.07) is 5.52. The number of nitro groups is 1. The summed E-state index contributed by atoms with van der Waals surface area (Å²) >= 11 is 5.29. The van der Waals surface area contributed by atoms with Crippen molar-refractivity contribution < 1.29 is 4.92 Å². The SMILES string of the molecule is CC1(C)CCN(c2ccc(CBr)cc2[N+](=O)[O-])CCS1. The second-order valence-electron chi connectivity index (χ2n) is 5.56. The van der Waals surface area contributed by atoms with Crippen molar-refractivity contribution in [2.75, 3.05) is 23.7 Å². The fraction of sp³-hybridized carbons (Fsp3) is 0.571. The topological polar surface area (TPSA) is 46.4 Å². The Balaban J connectivity index is 2.29. The van der Waals surface area contributed by atoms with E-state index in [2.05, 4.69) is 34.7 Å². The summed E-state index contributed by atoms with van der Waals surface area (Å²) in [6.07, 6.45) is 1.04. The van der Waals surface area contributed by atoms with Crippen LogP contribution in [0, 0.1) is 10.1 Å². The van der Waals surface area contributed by atoms with Crippen LogP contribution < -0.4 is 4.90 Å². The first-order chi connectivity index (χ1) is 9.43. The van der Waals surface area contributed by atoms with E-state index in [1.807, 2.05) is 23.9 Å². The van der Waals surface area contributed by atoms with E-state index in [-0.39, 0.29) is 15.4 Å². The van der Waals surface area contributed by atoms with Crippen LogP contribution in [-0.2, 0) is 5.33 Å². The molecule has 1 saturated heterocycles. The summed E-state index contributed by atoms with van der Waals surface area (Å²) in [5.41, 5.74) is 1.90. The van der Waals surface area contributed by atoms with Crippen molar-refractivity contribution in [1.29, 1.82) is 0 Å². The first kappa shape index (κ1) is 15.6. The third kappa shape index (κ3) is 3.67. The average Bonchev–Trinajstić information content (AvgIpc) is 2.59. The zero-order chi connectivity index (χ0) is 14.8. The zero-order valence-electron chi connectivity index (χ0n) is 11.8. The van der Waals surface area contributed by atoms with Crippen LogP contribution in [0.1, 0.15) is 25.8 Å². The van der Waals surface area contributed by atoms with Gasteiger partial charge in [-0.05, 0) is 18.1 Å². The van der Waals surface area contributed by atoms with Gasteiger partial charge in [0.1, 0.15) is 5.69 Å². The van der Waals surface area contributed by atoms with Gasteiger partial charge in [0.15, 0.2) is 0 Å². The lowest BCUT2D eigenvalue weighted by Gasteiger charge is -2.24. The Hall–Kier alpha value is -0.750. The van der Waals surface area contributed by atoms with E-state index in [0.29, 0.717) is 5.33 Å². The van der Waals surface area contributed by atoms with Gasteiger partial charge in [-0.3, -0.25) is 10.1 Å². The Morgan fingerprint density at radius 3 is 2.85 bits per heavy atom. The van der Waals surface area contributed by atoms with E-state index in [1.165, 1.54) is 0 Å². The highest BCUT2D eigenvalue weighted by atomic mass is 79.9. The van der Waals surface area contributed by atoms with Crippen LogP contribution in [0.2, 0.25) is 0 Å². The molecule has 0 atom stereocenters. The molecule has 1 aromatic carbocycles. The number of thioether (sulfide) groups is 1. The van der Waals surface area contributed by atoms with E-state index >= 15 is 0 Å². The van der Waals surface area contributed by atoms with Gasteiger partial charge < -0.3 is 4.90 Å². The standard InChI is InChI=1S/C14H19BrN2O2S/c1-14(2)5-6-16(7-8-20-14)12-4-3-11(10-15)9-13(12)17(18)19/h3-4,9H,5-8,10H2,1-2H3. The minimum atomic E-state index is -0.273. The molecule has 20 heavy (non-hydrogen) atoms. The van der Waals surface area contributed by atoms with Crippen molar-refractivity contribution in [2.45, 2.75) is 30.3 Å². The molecule has 0 radical (unpaired) electrons. The minimum absolute atomic E-state index is 0.214. The van der Waals surface area contributed by atoms with Gasteiger partial charge >= 0.3 is 0 Å². The second kappa shape index (κ2) is 6.35. The number of hydrogen-bond acceptors (Lipinski definition) is 4. The zero-order valence-corrected chi connectivity index (χ0v) is 14.2. The summed E-state index contributed by atoms with van der Waals surface area (Å²) < 4.78 is 0.249.